The molecule has 0 aromatic carbocycles. The summed E-state index contributed by atoms with van der Waals surface area (Å²) in [7, 11) is 0. The predicted octanol–water partition coefficient (Wildman–Crippen LogP) is 0.532. The molecule has 1 saturated heterocycles. The highest BCUT2D eigenvalue weighted by Gasteiger charge is 2.24. The summed E-state index contributed by atoms with van der Waals surface area (Å²) >= 11 is 1.20. The minimum Gasteiger partial charge on any atom is -0.480 e. The molecule has 0 aromatic heterocycles. The molecular weight excluding hydrogens is 310 g/mol. The summed E-state index contributed by atoms with van der Waals surface area (Å²) in [5.41, 5.74) is 1.44. The molecule has 0 aromatic rings. The molecule has 1 atom stereocenters. The van der Waals surface area contributed by atoms with Gasteiger partial charge in [-0.25, -0.2) is 0 Å². The number of ketones is 1. The topological polar surface area (TPSA) is 120 Å². The van der Waals surface area contributed by atoms with Gasteiger partial charge in [0.2, 0.25) is 5.91 Å². The first kappa shape index (κ1) is 18.2. The highest BCUT2D eigenvalue weighted by atomic mass is 32.2. The number of hydrogen-bond acceptors (Lipinski definition) is 6. The number of esters is 1. The summed E-state index contributed by atoms with van der Waals surface area (Å²) in [6, 6.07) is 0. The zero-order valence-electron chi connectivity index (χ0n) is 12.5. The highest BCUT2D eigenvalue weighted by molar-refractivity contribution is 8.00. The molecule has 2 N–H and O–H groups in total. The highest BCUT2D eigenvalue weighted by Crippen LogP contribution is 2.27. The zero-order valence-corrected chi connectivity index (χ0v) is 13.3. The number of carboxylic acids is 1. The van der Waals surface area contributed by atoms with E-state index in [1.165, 1.54) is 18.7 Å². The fourth-order valence-electron chi connectivity index (χ4n) is 1.61. The third-order valence-corrected chi connectivity index (χ3v) is 4.17. The quantitative estimate of drug-likeness (QED) is 0.539. The van der Waals surface area contributed by atoms with Crippen LogP contribution in [0.1, 0.15) is 26.7 Å². The summed E-state index contributed by atoms with van der Waals surface area (Å²) in [5, 5.41) is 10.7. The van der Waals surface area contributed by atoms with Crippen LogP contribution in [0.5, 0.6) is 0 Å². The number of hydrogen-bond donors (Lipinski definition) is 2. The van der Waals surface area contributed by atoms with Crippen molar-refractivity contribution in [3.05, 3.63) is 11.1 Å². The van der Waals surface area contributed by atoms with Crippen molar-refractivity contribution in [1.29, 1.82) is 0 Å². The van der Waals surface area contributed by atoms with E-state index in [0.717, 1.165) is 5.57 Å². The lowest BCUT2D eigenvalue weighted by Gasteiger charge is -2.09. The molecule has 2 aliphatic rings. The molecule has 1 aliphatic carbocycles. The van der Waals surface area contributed by atoms with Gasteiger partial charge in [0.05, 0.1) is 11.8 Å². The van der Waals surface area contributed by atoms with Gasteiger partial charge < -0.3 is 15.2 Å². The van der Waals surface area contributed by atoms with E-state index in [-0.39, 0.29) is 24.3 Å². The van der Waals surface area contributed by atoms with Gasteiger partial charge in [0.1, 0.15) is 6.61 Å². The number of carbonyl (C=O) groups is 4. The van der Waals surface area contributed by atoms with Gasteiger partial charge in [-0.1, -0.05) is 0 Å². The Labute approximate surface area is 132 Å². The van der Waals surface area contributed by atoms with Crippen LogP contribution in [0.15, 0.2) is 11.1 Å². The molecule has 22 heavy (non-hydrogen) atoms. The molecule has 7 nitrogen and oxygen atoms in total. The van der Waals surface area contributed by atoms with Crippen LogP contribution in [0.3, 0.4) is 0 Å². The van der Waals surface area contributed by atoms with Crippen LogP contribution in [0.2, 0.25) is 0 Å². The van der Waals surface area contributed by atoms with Crippen molar-refractivity contribution in [2.45, 2.75) is 31.9 Å². The normalized spacial score (nSPS) is 17.4. The Morgan fingerprint density at radius 3 is 2.41 bits per heavy atom. The number of aliphatic carboxylic acids is 1. The number of Topliss-reactive ketones (excluding diaryl/α,β-unsaturated/α-hetero) is 1. The first-order valence-corrected chi connectivity index (χ1v) is 7.84. The van der Waals surface area contributed by atoms with E-state index in [1.807, 2.05) is 0 Å². The molecule has 122 valence electrons. The van der Waals surface area contributed by atoms with Gasteiger partial charge in [0.25, 0.3) is 0 Å². The van der Waals surface area contributed by atoms with Crippen LogP contribution in [-0.4, -0.2) is 52.9 Å². The van der Waals surface area contributed by atoms with Gasteiger partial charge in [-0.05, 0) is 18.9 Å². The van der Waals surface area contributed by atoms with E-state index in [9.17, 15) is 19.2 Å². The lowest BCUT2D eigenvalue weighted by Crippen LogP contribution is -2.14. The number of ether oxygens (including phenoxy) is 1. The Bertz CT molecular complexity index is 507. The van der Waals surface area contributed by atoms with E-state index in [1.54, 1.807) is 6.92 Å². The predicted molar refractivity (Wildman–Crippen MR) is 80.5 cm³/mol. The number of rotatable bonds is 6. The molecule has 8 heteroatoms. The van der Waals surface area contributed by atoms with Crippen molar-refractivity contribution >= 4 is 35.4 Å². The van der Waals surface area contributed by atoms with Crippen molar-refractivity contribution in [3.63, 3.8) is 0 Å². The first-order valence-electron chi connectivity index (χ1n) is 6.79. The lowest BCUT2D eigenvalue weighted by atomic mass is 10.2. The fourth-order valence-corrected chi connectivity index (χ4v) is 2.53. The second-order valence-electron chi connectivity index (χ2n) is 4.85. The van der Waals surface area contributed by atoms with Crippen molar-refractivity contribution in [2.75, 3.05) is 18.9 Å². The first-order chi connectivity index (χ1) is 10.3. The second kappa shape index (κ2) is 8.57. The van der Waals surface area contributed by atoms with Crippen LogP contribution in [0, 0.1) is 0 Å². The summed E-state index contributed by atoms with van der Waals surface area (Å²) in [6.07, 6.45) is 1.03. The Hall–Kier alpha value is -1.83. The molecule has 1 unspecified atom stereocenters. The molecule has 0 bridgehead atoms. The maximum Gasteiger partial charge on any atom is 0.316 e. The molecule has 1 heterocycles. The van der Waals surface area contributed by atoms with E-state index in [4.69, 9.17) is 9.84 Å². The Kier molecular flexibility index (Phi) is 7.10. The number of nitrogens with one attached hydrogen (secondary N) is 1. The minimum atomic E-state index is -0.896. The Morgan fingerprint density at radius 1 is 1.36 bits per heavy atom. The maximum absolute atomic E-state index is 11.7. The minimum absolute atomic E-state index is 0.0299. The van der Waals surface area contributed by atoms with Crippen LogP contribution in [0.4, 0.5) is 0 Å². The average Bonchev–Trinajstić information content (AvgIpc) is 3.14. The van der Waals surface area contributed by atoms with E-state index in [0.29, 0.717) is 30.7 Å². The number of carbonyl (C=O) groups excluding carboxylic acids is 3. The summed E-state index contributed by atoms with van der Waals surface area (Å²) in [5.74, 6) is -0.717. The van der Waals surface area contributed by atoms with Crippen molar-refractivity contribution in [3.8, 4) is 0 Å². The average molecular weight is 329 g/mol. The van der Waals surface area contributed by atoms with Gasteiger partial charge in [-0.2, -0.15) is 0 Å². The standard InChI is InChI=1S/C12H16O5S.C2H3NO/c1-7(12(15)16)18-6-10-9(3-4-11(10)14)5-17-8(2)13;4-2-1-3-2/h7H,3-6H2,1-2H3,(H,15,16);1H2,(H,3,4). The van der Waals surface area contributed by atoms with Crippen molar-refractivity contribution < 1.29 is 29.0 Å². The van der Waals surface area contributed by atoms with E-state index in [2.05, 4.69) is 5.32 Å². The SMILES string of the molecule is CC(=O)OCC1=C(CSC(C)C(=O)O)C(=O)CC1.O=C1CN1. The summed E-state index contributed by atoms with van der Waals surface area (Å²) in [6.45, 7) is 3.63. The van der Waals surface area contributed by atoms with Crippen molar-refractivity contribution in [1.82, 2.24) is 5.32 Å². The van der Waals surface area contributed by atoms with Crippen LogP contribution >= 0.6 is 11.8 Å². The molecule has 1 fully saturated rings. The molecule has 0 saturated carbocycles. The number of thioether (sulfide) groups is 1. The van der Waals surface area contributed by atoms with E-state index >= 15 is 0 Å². The molecule has 2 rings (SSSR count). The molecule has 1 aliphatic heterocycles. The monoisotopic (exact) mass is 329 g/mol. The Balaban J connectivity index is 0.000000519. The molecule has 1 amide bonds. The third-order valence-electron chi connectivity index (χ3n) is 3.01. The second-order valence-corrected chi connectivity index (χ2v) is 6.18. The fraction of sp³-hybridized carbons (Fsp3) is 0.571. The smallest absolute Gasteiger partial charge is 0.316 e. The van der Waals surface area contributed by atoms with Crippen LogP contribution in [0.25, 0.3) is 0 Å². The Morgan fingerprint density at radius 2 is 1.95 bits per heavy atom. The van der Waals surface area contributed by atoms with Gasteiger partial charge in [-0.3, -0.25) is 19.2 Å². The number of carboxylic acid groups (broad SMARTS) is 1. The van der Waals surface area contributed by atoms with Gasteiger partial charge in [-0.15, -0.1) is 11.8 Å². The number of amides is 1. The lowest BCUT2D eigenvalue weighted by molar-refractivity contribution is -0.140. The largest absolute Gasteiger partial charge is 0.480 e. The van der Waals surface area contributed by atoms with E-state index < -0.39 is 11.2 Å². The molecular formula is C14H19NO6S. The van der Waals surface area contributed by atoms with Crippen molar-refractivity contribution in [2.24, 2.45) is 0 Å². The van der Waals surface area contributed by atoms with Crippen LogP contribution < -0.4 is 5.32 Å². The van der Waals surface area contributed by atoms with Gasteiger partial charge >= 0.3 is 11.9 Å². The van der Waals surface area contributed by atoms with Gasteiger partial charge in [0.15, 0.2) is 5.78 Å². The van der Waals surface area contributed by atoms with Crippen LogP contribution in [-0.2, 0) is 23.9 Å². The van der Waals surface area contributed by atoms with Gasteiger partial charge in [0, 0.05) is 24.7 Å². The molecule has 0 radical (unpaired) electrons. The zero-order chi connectivity index (χ0) is 16.7. The summed E-state index contributed by atoms with van der Waals surface area (Å²) in [4.78, 5) is 42.5. The molecule has 0 spiro atoms. The maximum atomic E-state index is 11.7. The third kappa shape index (κ3) is 6.75. The summed E-state index contributed by atoms with van der Waals surface area (Å²) < 4.78 is 4.88.